The fourth-order valence-electron chi connectivity index (χ4n) is 4.86. The molecule has 6 heteroatoms. The Morgan fingerprint density at radius 1 is 1.23 bits per heavy atom. The first kappa shape index (κ1) is 21.6. The molecule has 166 valence electrons. The largest absolute Gasteiger partial charge is 0.497 e. The maximum atomic E-state index is 13.3. The van der Waals surface area contributed by atoms with Crippen LogP contribution in [0.1, 0.15) is 57.9 Å². The van der Waals surface area contributed by atoms with Crippen molar-refractivity contribution in [1.82, 2.24) is 5.32 Å². The van der Waals surface area contributed by atoms with Crippen molar-refractivity contribution in [1.29, 1.82) is 0 Å². The van der Waals surface area contributed by atoms with Crippen molar-refractivity contribution in [2.75, 3.05) is 20.3 Å². The summed E-state index contributed by atoms with van der Waals surface area (Å²) in [4.78, 5) is 26.5. The minimum absolute atomic E-state index is 0.0484. The fraction of sp³-hybridized carbons (Fsp3) is 0.520. The second-order valence-electron chi connectivity index (χ2n) is 9.44. The molecule has 3 aliphatic rings. The number of hydrogen-bond donors (Lipinski definition) is 1. The Balaban J connectivity index is 1.71. The van der Waals surface area contributed by atoms with Crippen molar-refractivity contribution in [2.45, 2.75) is 58.5 Å². The number of ether oxygens (including phenoxy) is 3. The minimum Gasteiger partial charge on any atom is -0.497 e. The number of methoxy groups -OCH3 is 1. The quantitative estimate of drug-likeness (QED) is 0.719. The van der Waals surface area contributed by atoms with Gasteiger partial charge in [0.25, 0.3) is 0 Å². The second kappa shape index (κ2) is 8.50. The Hall–Kier alpha value is -2.60. The van der Waals surface area contributed by atoms with Crippen LogP contribution in [-0.2, 0) is 19.1 Å². The molecule has 0 spiro atoms. The van der Waals surface area contributed by atoms with Gasteiger partial charge < -0.3 is 19.5 Å². The number of hydrogen-bond acceptors (Lipinski definition) is 6. The molecule has 1 N–H and O–H groups in total. The second-order valence-corrected chi connectivity index (χ2v) is 9.44. The van der Waals surface area contributed by atoms with E-state index in [-0.39, 0.29) is 23.9 Å². The molecule has 1 aliphatic carbocycles. The van der Waals surface area contributed by atoms with Gasteiger partial charge >= 0.3 is 5.97 Å². The summed E-state index contributed by atoms with van der Waals surface area (Å²) in [5.41, 5.74) is 3.59. The standard InChI is InChI=1S/C25H31NO5/c1-15-21(24(28)31-14-18-6-5-11-30-18)22(16-7-9-17(29-4)10-8-16)23-19(26-15)12-25(2,3)13-20(23)27/h7-10,18,22,26H,5-6,11-14H2,1-4H3/t18-,22+/m1/s1. The van der Waals surface area contributed by atoms with Crippen LogP contribution in [0.25, 0.3) is 0 Å². The molecule has 2 atom stereocenters. The van der Waals surface area contributed by atoms with Crippen LogP contribution in [0.15, 0.2) is 46.8 Å². The molecule has 1 aromatic rings. The van der Waals surface area contributed by atoms with Gasteiger partial charge in [-0.2, -0.15) is 0 Å². The predicted molar refractivity (Wildman–Crippen MR) is 117 cm³/mol. The van der Waals surface area contributed by atoms with Gasteiger partial charge in [0.15, 0.2) is 5.78 Å². The molecule has 6 nitrogen and oxygen atoms in total. The highest BCUT2D eigenvalue weighted by atomic mass is 16.6. The number of esters is 1. The molecule has 0 radical (unpaired) electrons. The molecule has 31 heavy (non-hydrogen) atoms. The number of rotatable bonds is 5. The maximum absolute atomic E-state index is 13.3. The van der Waals surface area contributed by atoms with Crippen molar-refractivity contribution < 1.29 is 23.8 Å². The molecule has 2 aliphatic heterocycles. The molecule has 2 heterocycles. The summed E-state index contributed by atoms with van der Waals surface area (Å²) in [7, 11) is 1.62. The molecule has 1 aromatic carbocycles. The molecule has 0 aromatic heterocycles. The van der Waals surface area contributed by atoms with Crippen LogP contribution < -0.4 is 10.1 Å². The summed E-state index contributed by atoms with van der Waals surface area (Å²) >= 11 is 0. The highest BCUT2D eigenvalue weighted by Crippen LogP contribution is 2.47. The van der Waals surface area contributed by atoms with Gasteiger partial charge in [-0.3, -0.25) is 4.79 Å². The number of ketones is 1. The van der Waals surface area contributed by atoms with Crippen LogP contribution in [0.3, 0.4) is 0 Å². The zero-order valence-corrected chi connectivity index (χ0v) is 18.7. The fourth-order valence-corrected chi connectivity index (χ4v) is 4.86. The molecular formula is C25H31NO5. The lowest BCUT2D eigenvalue weighted by Gasteiger charge is -2.39. The van der Waals surface area contributed by atoms with Crippen LogP contribution in [-0.4, -0.2) is 38.2 Å². The third-order valence-corrected chi connectivity index (χ3v) is 6.33. The summed E-state index contributed by atoms with van der Waals surface area (Å²) in [5, 5.41) is 3.37. The van der Waals surface area contributed by atoms with Crippen LogP contribution in [0.5, 0.6) is 5.75 Å². The third kappa shape index (κ3) is 4.40. The Bertz CT molecular complexity index is 935. The first-order valence-corrected chi connectivity index (χ1v) is 11.0. The molecule has 0 bridgehead atoms. The monoisotopic (exact) mass is 425 g/mol. The highest BCUT2D eigenvalue weighted by molar-refractivity contribution is 6.04. The van der Waals surface area contributed by atoms with Gasteiger partial charge in [0.2, 0.25) is 0 Å². The van der Waals surface area contributed by atoms with Crippen LogP contribution in [0.2, 0.25) is 0 Å². The lowest BCUT2D eigenvalue weighted by Crippen LogP contribution is -2.39. The third-order valence-electron chi connectivity index (χ3n) is 6.33. The number of Topliss-reactive ketones (excluding diaryl/α,β-unsaturated/α-hetero) is 1. The van der Waals surface area contributed by atoms with Crippen molar-refractivity contribution in [3.05, 3.63) is 52.4 Å². The van der Waals surface area contributed by atoms with E-state index in [1.807, 2.05) is 31.2 Å². The van der Waals surface area contributed by atoms with Crippen molar-refractivity contribution in [3.63, 3.8) is 0 Å². The van der Waals surface area contributed by atoms with E-state index in [2.05, 4.69) is 19.2 Å². The van der Waals surface area contributed by atoms with Gasteiger partial charge in [0.1, 0.15) is 12.4 Å². The number of benzene rings is 1. The van der Waals surface area contributed by atoms with E-state index in [1.54, 1.807) is 7.11 Å². The normalized spacial score (nSPS) is 25.2. The summed E-state index contributed by atoms with van der Waals surface area (Å²) < 4.78 is 16.6. The van der Waals surface area contributed by atoms with Gasteiger partial charge in [-0.1, -0.05) is 26.0 Å². The Kier molecular flexibility index (Phi) is 5.93. The first-order valence-electron chi connectivity index (χ1n) is 11.0. The molecule has 0 amide bonds. The molecule has 1 saturated heterocycles. The van der Waals surface area contributed by atoms with E-state index in [0.29, 0.717) is 24.2 Å². The maximum Gasteiger partial charge on any atom is 0.336 e. The van der Waals surface area contributed by atoms with E-state index >= 15 is 0 Å². The van der Waals surface area contributed by atoms with Gasteiger partial charge in [-0.25, -0.2) is 4.79 Å². The SMILES string of the molecule is COc1ccc([C@H]2C(C(=O)OC[C@H]3CCCO3)=C(C)NC3=C2C(=O)CC(C)(C)C3)cc1. The minimum atomic E-state index is -0.456. The van der Waals surface area contributed by atoms with Crippen molar-refractivity contribution in [2.24, 2.45) is 5.41 Å². The summed E-state index contributed by atoms with van der Waals surface area (Å²) in [5.74, 6) is -0.0454. The summed E-state index contributed by atoms with van der Waals surface area (Å²) in [6, 6.07) is 7.57. The Morgan fingerprint density at radius 3 is 2.61 bits per heavy atom. The van der Waals surface area contributed by atoms with Crippen LogP contribution >= 0.6 is 0 Å². The number of carbonyl (C=O) groups excluding carboxylic acids is 2. The van der Waals surface area contributed by atoms with Gasteiger partial charge in [-0.15, -0.1) is 0 Å². The van der Waals surface area contributed by atoms with E-state index in [4.69, 9.17) is 14.2 Å². The van der Waals surface area contributed by atoms with E-state index in [0.717, 1.165) is 42.0 Å². The molecule has 0 unspecified atom stereocenters. The highest BCUT2D eigenvalue weighted by Gasteiger charge is 2.43. The Labute approximate surface area is 183 Å². The number of nitrogens with one attached hydrogen (secondary N) is 1. The van der Waals surface area contributed by atoms with Crippen molar-refractivity contribution >= 4 is 11.8 Å². The summed E-state index contributed by atoms with van der Waals surface area (Å²) in [6.45, 7) is 7.03. The summed E-state index contributed by atoms with van der Waals surface area (Å²) in [6.07, 6.45) is 3.05. The lowest BCUT2D eigenvalue weighted by atomic mass is 9.68. The van der Waals surface area contributed by atoms with E-state index < -0.39 is 11.9 Å². The topological polar surface area (TPSA) is 73.9 Å². The molecule has 0 saturated carbocycles. The van der Waals surface area contributed by atoms with Gasteiger partial charge in [-0.05, 0) is 49.3 Å². The van der Waals surface area contributed by atoms with Crippen LogP contribution in [0.4, 0.5) is 0 Å². The van der Waals surface area contributed by atoms with Gasteiger partial charge in [0.05, 0.1) is 18.8 Å². The molecule has 4 rings (SSSR count). The first-order chi connectivity index (χ1) is 14.8. The number of dihydropyridines is 1. The molecular weight excluding hydrogens is 394 g/mol. The zero-order valence-electron chi connectivity index (χ0n) is 18.7. The van der Waals surface area contributed by atoms with Gasteiger partial charge in [0, 0.05) is 35.9 Å². The zero-order chi connectivity index (χ0) is 22.2. The van der Waals surface area contributed by atoms with Crippen LogP contribution in [0, 0.1) is 5.41 Å². The lowest BCUT2D eigenvalue weighted by molar-refractivity contribution is -0.142. The van der Waals surface area contributed by atoms with E-state index in [9.17, 15) is 9.59 Å². The average Bonchev–Trinajstić information content (AvgIpc) is 3.24. The predicted octanol–water partition coefficient (Wildman–Crippen LogP) is 4.02. The average molecular weight is 426 g/mol. The Morgan fingerprint density at radius 2 is 1.97 bits per heavy atom. The number of allylic oxidation sites excluding steroid dienone is 3. The molecule has 1 fully saturated rings. The van der Waals surface area contributed by atoms with Crippen molar-refractivity contribution in [3.8, 4) is 5.75 Å². The number of carbonyl (C=O) groups is 2. The van der Waals surface area contributed by atoms with E-state index in [1.165, 1.54) is 0 Å². The smallest absolute Gasteiger partial charge is 0.336 e.